The van der Waals surface area contributed by atoms with Gasteiger partial charge in [-0.1, -0.05) is 6.07 Å². The van der Waals surface area contributed by atoms with E-state index in [9.17, 15) is 8.78 Å². The molecule has 0 aromatic heterocycles. The molecular formula is C17H14F2N2. The fourth-order valence-corrected chi connectivity index (χ4v) is 2.82. The molecule has 0 saturated carbocycles. The molecule has 0 spiro atoms. The average Bonchev–Trinajstić information content (AvgIpc) is 2.85. The maximum atomic E-state index is 13.8. The minimum absolute atomic E-state index is 0.0210. The van der Waals surface area contributed by atoms with E-state index < -0.39 is 5.82 Å². The Hall–Kier alpha value is -2.41. The van der Waals surface area contributed by atoms with Gasteiger partial charge in [-0.25, -0.2) is 8.78 Å². The summed E-state index contributed by atoms with van der Waals surface area (Å²) in [5.74, 6) is -0.628. The van der Waals surface area contributed by atoms with Gasteiger partial charge in [-0.2, -0.15) is 5.26 Å². The maximum absolute atomic E-state index is 13.8. The highest BCUT2D eigenvalue weighted by molar-refractivity contribution is 5.57. The van der Waals surface area contributed by atoms with Gasteiger partial charge in [-0.15, -0.1) is 0 Å². The van der Waals surface area contributed by atoms with Crippen molar-refractivity contribution >= 4 is 5.69 Å². The molecule has 2 aromatic carbocycles. The van der Waals surface area contributed by atoms with E-state index in [0.717, 1.165) is 24.0 Å². The summed E-state index contributed by atoms with van der Waals surface area (Å²) >= 11 is 0. The second-order valence-corrected chi connectivity index (χ2v) is 5.32. The van der Waals surface area contributed by atoms with E-state index >= 15 is 0 Å². The van der Waals surface area contributed by atoms with E-state index in [2.05, 4.69) is 5.32 Å². The second kappa shape index (κ2) is 5.17. The topological polar surface area (TPSA) is 35.8 Å². The third-order valence-electron chi connectivity index (χ3n) is 3.99. The van der Waals surface area contributed by atoms with Crippen LogP contribution in [0.25, 0.3) is 0 Å². The Labute approximate surface area is 122 Å². The molecule has 1 unspecified atom stereocenters. The van der Waals surface area contributed by atoms with E-state index in [-0.39, 0.29) is 17.4 Å². The van der Waals surface area contributed by atoms with Gasteiger partial charge in [0.05, 0.1) is 17.7 Å². The van der Waals surface area contributed by atoms with Gasteiger partial charge in [0.15, 0.2) is 0 Å². The van der Waals surface area contributed by atoms with Crippen LogP contribution in [0.3, 0.4) is 0 Å². The van der Waals surface area contributed by atoms with Crippen LogP contribution >= 0.6 is 0 Å². The number of hydrogen-bond acceptors (Lipinski definition) is 2. The summed E-state index contributed by atoms with van der Waals surface area (Å²) in [6.07, 6.45) is 1.63. The van der Waals surface area contributed by atoms with E-state index in [4.69, 9.17) is 5.26 Å². The number of fused-ring (bicyclic) bond motifs is 1. The van der Waals surface area contributed by atoms with Crippen molar-refractivity contribution in [3.8, 4) is 6.07 Å². The van der Waals surface area contributed by atoms with Crippen molar-refractivity contribution in [1.29, 1.82) is 5.26 Å². The Kier molecular flexibility index (Phi) is 3.34. The van der Waals surface area contributed by atoms with Gasteiger partial charge in [-0.05, 0) is 55.2 Å². The van der Waals surface area contributed by atoms with Crippen molar-refractivity contribution in [1.82, 2.24) is 0 Å². The van der Waals surface area contributed by atoms with E-state index in [0.29, 0.717) is 11.3 Å². The molecule has 0 aliphatic heterocycles. The third-order valence-corrected chi connectivity index (χ3v) is 3.99. The van der Waals surface area contributed by atoms with Crippen molar-refractivity contribution < 1.29 is 8.78 Å². The fourth-order valence-electron chi connectivity index (χ4n) is 2.82. The van der Waals surface area contributed by atoms with Crippen LogP contribution in [0.15, 0.2) is 30.3 Å². The lowest BCUT2D eigenvalue weighted by atomic mass is 10.1. The highest BCUT2D eigenvalue weighted by Crippen LogP contribution is 2.35. The number of anilines is 1. The van der Waals surface area contributed by atoms with Gasteiger partial charge in [0.1, 0.15) is 11.6 Å². The lowest BCUT2D eigenvalue weighted by Crippen LogP contribution is -2.09. The quantitative estimate of drug-likeness (QED) is 0.895. The van der Waals surface area contributed by atoms with Gasteiger partial charge < -0.3 is 5.32 Å². The molecule has 2 nitrogen and oxygen atoms in total. The first-order valence-electron chi connectivity index (χ1n) is 6.83. The summed E-state index contributed by atoms with van der Waals surface area (Å²) in [7, 11) is 0. The summed E-state index contributed by atoms with van der Waals surface area (Å²) in [6, 6.07) is 9.63. The monoisotopic (exact) mass is 284 g/mol. The summed E-state index contributed by atoms with van der Waals surface area (Å²) in [4.78, 5) is 0. The van der Waals surface area contributed by atoms with Crippen LogP contribution in [-0.4, -0.2) is 0 Å². The van der Waals surface area contributed by atoms with Gasteiger partial charge in [0.25, 0.3) is 0 Å². The largest absolute Gasteiger partial charge is 0.378 e. The zero-order chi connectivity index (χ0) is 15.0. The van der Waals surface area contributed by atoms with Crippen LogP contribution < -0.4 is 5.32 Å². The second-order valence-electron chi connectivity index (χ2n) is 5.32. The maximum Gasteiger partial charge on any atom is 0.129 e. The fraction of sp³-hybridized carbons (Fsp3) is 0.235. The molecule has 106 valence electrons. The van der Waals surface area contributed by atoms with E-state index in [1.807, 2.05) is 6.07 Å². The minimum Gasteiger partial charge on any atom is -0.378 e. The van der Waals surface area contributed by atoms with Crippen LogP contribution in [-0.2, 0) is 6.42 Å². The van der Waals surface area contributed by atoms with Gasteiger partial charge in [0.2, 0.25) is 0 Å². The Morgan fingerprint density at radius 1 is 1.24 bits per heavy atom. The summed E-state index contributed by atoms with van der Waals surface area (Å²) < 4.78 is 27.0. The number of halogens is 2. The normalized spacial score (nSPS) is 16.4. The third kappa shape index (κ3) is 2.47. The zero-order valence-electron chi connectivity index (χ0n) is 11.6. The first-order chi connectivity index (χ1) is 10.1. The molecule has 0 saturated heterocycles. The SMILES string of the molecule is Cc1c(F)cc(C#N)cc1NC1CCc2cc(F)ccc21. The van der Waals surface area contributed by atoms with Crippen LogP contribution in [0.2, 0.25) is 0 Å². The average molecular weight is 284 g/mol. The molecule has 1 N–H and O–H groups in total. The molecule has 1 atom stereocenters. The molecule has 0 heterocycles. The highest BCUT2D eigenvalue weighted by Gasteiger charge is 2.23. The minimum atomic E-state index is -0.395. The van der Waals surface area contributed by atoms with Gasteiger partial charge in [0, 0.05) is 11.3 Å². The van der Waals surface area contributed by atoms with Crippen LogP contribution in [0.5, 0.6) is 0 Å². The van der Waals surface area contributed by atoms with Crippen LogP contribution in [0, 0.1) is 29.9 Å². The summed E-state index contributed by atoms with van der Waals surface area (Å²) in [6.45, 7) is 1.68. The Morgan fingerprint density at radius 2 is 2.05 bits per heavy atom. The van der Waals surface area contributed by atoms with E-state index in [1.165, 1.54) is 12.1 Å². The number of benzene rings is 2. The van der Waals surface area contributed by atoms with Crippen molar-refractivity contribution in [3.63, 3.8) is 0 Å². The van der Waals surface area contributed by atoms with Gasteiger partial charge >= 0.3 is 0 Å². The van der Waals surface area contributed by atoms with Crippen molar-refractivity contribution in [2.75, 3.05) is 5.32 Å². The standard InChI is InChI=1S/C17H14F2N2/c1-10-15(19)6-11(9-20)7-17(10)21-16-5-2-12-8-13(18)3-4-14(12)16/h3-4,6-8,16,21H,2,5H2,1H3. The number of aryl methyl sites for hydroxylation is 1. The van der Waals surface area contributed by atoms with Crippen molar-refractivity contribution in [3.05, 3.63) is 64.2 Å². The lowest BCUT2D eigenvalue weighted by Gasteiger charge is -2.18. The predicted octanol–water partition coefficient (Wildman–Crippen LogP) is 4.24. The van der Waals surface area contributed by atoms with Crippen LogP contribution in [0.1, 0.15) is 34.7 Å². The Balaban J connectivity index is 1.93. The molecule has 3 rings (SSSR count). The number of nitrogens with zero attached hydrogens (tertiary/aromatic N) is 1. The Bertz CT molecular complexity index is 747. The molecule has 0 amide bonds. The molecule has 4 heteroatoms. The molecule has 0 fully saturated rings. The Morgan fingerprint density at radius 3 is 2.81 bits per heavy atom. The zero-order valence-corrected chi connectivity index (χ0v) is 11.6. The van der Waals surface area contributed by atoms with Crippen LogP contribution in [0.4, 0.5) is 14.5 Å². The summed E-state index contributed by atoms with van der Waals surface area (Å²) in [5, 5.41) is 12.2. The molecule has 0 radical (unpaired) electrons. The number of nitriles is 1. The molecule has 21 heavy (non-hydrogen) atoms. The molecule has 1 aliphatic carbocycles. The number of nitrogens with one attached hydrogen (secondary N) is 1. The lowest BCUT2D eigenvalue weighted by molar-refractivity contribution is 0.617. The smallest absolute Gasteiger partial charge is 0.129 e. The molecule has 1 aliphatic rings. The van der Waals surface area contributed by atoms with Gasteiger partial charge in [-0.3, -0.25) is 0 Å². The summed E-state index contributed by atoms with van der Waals surface area (Å²) in [5.41, 5.74) is 3.43. The molecular weight excluding hydrogens is 270 g/mol. The van der Waals surface area contributed by atoms with Crippen molar-refractivity contribution in [2.45, 2.75) is 25.8 Å². The number of rotatable bonds is 2. The molecule has 0 bridgehead atoms. The predicted molar refractivity (Wildman–Crippen MR) is 76.9 cm³/mol. The van der Waals surface area contributed by atoms with E-state index in [1.54, 1.807) is 25.1 Å². The first-order valence-corrected chi connectivity index (χ1v) is 6.83. The highest BCUT2D eigenvalue weighted by atomic mass is 19.1. The first kappa shape index (κ1) is 13.6. The van der Waals surface area contributed by atoms with Crippen molar-refractivity contribution in [2.24, 2.45) is 0 Å². The number of hydrogen-bond donors (Lipinski definition) is 1. The molecule has 2 aromatic rings.